The normalized spacial score (nSPS) is 19.5. The predicted octanol–water partition coefficient (Wildman–Crippen LogP) is 9.71. The molecule has 4 aliphatic rings. The molecule has 2 saturated heterocycles. The summed E-state index contributed by atoms with van der Waals surface area (Å²) >= 11 is 1.43. The van der Waals surface area contributed by atoms with Gasteiger partial charge in [-0.1, -0.05) is 65.9 Å². The third kappa shape index (κ3) is 9.67. The van der Waals surface area contributed by atoms with Crippen LogP contribution in [-0.4, -0.2) is 85.1 Å². The molecule has 6 heterocycles. The molecule has 1 aliphatic carbocycles. The second kappa shape index (κ2) is 20.2. The van der Waals surface area contributed by atoms with Crippen molar-refractivity contribution in [1.82, 2.24) is 30.0 Å². The third-order valence-electron chi connectivity index (χ3n) is 15.6. The van der Waals surface area contributed by atoms with Gasteiger partial charge in [0.1, 0.15) is 11.6 Å². The van der Waals surface area contributed by atoms with Crippen molar-refractivity contribution in [3.63, 3.8) is 0 Å². The molecule has 374 valence electrons. The van der Waals surface area contributed by atoms with Crippen LogP contribution in [0.25, 0.3) is 32.2 Å². The molecular formula is C57H58N8O7S. The zero-order valence-corrected chi connectivity index (χ0v) is 41.9. The number of carbonyl (C=O) groups is 5. The van der Waals surface area contributed by atoms with Gasteiger partial charge in [-0.15, -0.1) is 0 Å². The standard InChI is InChI=1S/C57H58N8O7S/c1-33-38(40-21-23-48(59-52(40)56(70)71)65-31-28-35-8-5-11-41(44(35)32-65)54(68)61-57-58-45-13-3-4-15-47(45)73-57)9-7-14-46(33)72-37-19-16-34(17-20-37)18-25-50(67)64-29-26-36(27-30-64)39-10-6-12-42-51(62-63(2)53(39)42)43-22-24-49(66)60-55(43)69/h3-15,21,23,34,36-37,43H,16-20,22,24-32H2,1-2H3,(H,70,71)(H,58,61,68)(H,60,66,69)/t34-,37-,43?. The van der Waals surface area contributed by atoms with Gasteiger partial charge < -0.3 is 19.6 Å². The molecule has 16 heteroatoms. The van der Waals surface area contributed by atoms with E-state index in [0.29, 0.717) is 79.9 Å². The largest absolute Gasteiger partial charge is 0.490 e. The fourth-order valence-corrected chi connectivity index (χ4v) is 12.6. The Labute approximate surface area is 427 Å². The summed E-state index contributed by atoms with van der Waals surface area (Å²) in [5.41, 5.74) is 8.33. The summed E-state index contributed by atoms with van der Waals surface area (Å²) in [6, 6.07) is 29.2. The molecule has 0 bridgehead atoms. The maximum atomic E-state index is 13.7. The minimum absolute atomic E-state index is 0.0125. The van der Waals surface area contributed by atoms with Crippen LogP contribution in [0.1, 0.15) is 125 Å². The number of benzene rings is 4. The van der Waals surface area contributed by atoms with Crippen LogP contribution in [0.5, 0.6) is 5.75 Å². The molecule has 7 aromatic rings. The van der Waals surface area contributed by atoms with Crippen LogP contribution in [0.2, 0.25) is 0 Å². The molecule has 0 radical (unpaired) electrons. The number of fused-ring (bicyclic) bond motifs is 3. The summed E-state index contributed by atoms with van der Waals surface area (Å²) in [5.74, 6) is -0.162. The molecule has 4 aromatic carbocycles. The number of piperidine rings is 2. The number of rotatable bonds is 12. The Morgan fingerprint density at radius 2 is 1.63 bits per heavy atom. The zero-order valence-electron chi connectivity index (χ0n) is 41.1. The van der Waals surface area contributed by atoms with Crippen molar-refractivity contribution >= 4 is 73.0 Å². The van der Waals surface area contributed by atoms with Crippen molar-refractivity contribution in [3.8, 4) is 16.9 Å². The number of likely N-dealkylation sites (tertiary alicyclic amines) is 1. The second-order valence-electron chi connectivity index (χ2n) is 20.1. The van der Waals surface area contributed by atoms with Crippen LogP contribution >= 0.6 is 11.3 Å². The van der Waals surface area contributed by atoms with E-state index in [2.05, 4.69) is 21.7 Å². The zero-order chi connectivity index (χ0) is 50.3. The fraction of sp³-hybridized carbons (Fsp3) is 0.368. The fourth-order valence-electron chi connectivity index (χ4n) is 11.7. The van der Waals surface area contributed by atoms with Crippen molar-refractivity contribution in [3.05, 3.63) is 130 Å². The number of carboxylic acids is 1. The van der Waals surface area contributed by atoms with E-state index in [-0.39, 0.29) is 41.3 Å². The number of nitrogens with zero attached hydrogens (tertiary/aromatic N) is 6. The predicted molar refractivity (Wildman–Crippen MR) is 280 cm³/mol. The maximum absolute atomic E-state index is 13.7. The van der Waals surface area contributed by atoms with Crippen LogP contribution < -0.4 is 20.3 Å². The Morgan fingerprint density at radius 1 is 0.836 bits per heavy atom. The molecule has 3 fully saturated rings. The van der Waals surface area contributed by atoms with E-state index in [1.165, 1.54) is 16.9 Å². The SMILES string of the molecule is Cc1c(O[C@H]2CC[C@H](CCC(=O)N3CCC(c4cccc5c(C6CCC(=O)NC6=O)nn(C)c45)CC3)CC2)cccc1-c1ccc(N2CCc3cccc(C(=O)Nc4nc5ccccc5s4)c3C2)nc1C(=O)O. The number of hydrogen-bond donors (Lipinski definition) is 3. The van der Waals surface area contributed by atoms with Crippen molar-refractivity contribution in [2.45, 2.75) is 102 Å². The number of hydrogen-bond acceptors (Lipinski definition) is 11. The molecule has 73 heavy (non-hydrogen) atoms. The Bertz CT molecular complexity index is 3280. The number of aromatic nitrogens is 4. The summed E-state index contributed by atoms with van der Waals surface area (Å²) in [6.45, 7) is 4.38. The number of carboxylic acid groups (broad SMARTS) is 1. The third-order valence-corrected chi connectivity index (χ3v) is 16.6. The molecule has 1 atom stereocenters. The van der Waals surface area contributed by atoms with E-state index in [1.54, 1.807) is 0 Å². The number of para-hydroxylation sites is 2. The molecule has 3 aliphatic heterocycles. The second-order valence-corrected chi connectivity index (χ2v) is 21.1. The van der Waals surface area contributed by atoms with Crippen LogP contribution in [-0.2, 0) is 34.4 Å². The Hall–Kier alpha value is -7.46. The number of nitrogens with one attached hydrogen (secondary N) is 2. The minimum Gasteiger partial charge on any atom is -0.490 e. The van der Waals surface area contributed by atoms with Crippen LogP contribution in [0.3, 0.4) is 0 Å². The highest BCUT2D eigenvalue weighted by atomic mass is 32.1. The monoisotopic (exact) mass is 998 g/mol. The van der Waals surface area contributed by atoms with Crippen LogP contribution in [0.4, 0.5) is 10.9 Å². The van der Waals surface area contributed by atoms with E-state index >= 15 is 0 Å². The summed E-state index contributed by atoms with van der Waals surface area (Å²) in [7, 11) is 1.92. The molecule has 0 spiro atoms. The Balaban J connectivity index is 0.681. The first-order chi connectivity index (χ1) is 35.4. The summed E-state index contributed by atoms with van der Waals surface area (Å²) in [5, 5.41) is 22.3. The van der Waals surface area contributed by atoms with Gasteiger partial charge in [-0.2, -0.15) is 5.10 Å². The van der Waals surface area contributed by atoms with Crippen LogP contribution in [0, 0.1) is 12.8 Å². The highest BCUT2D eigenvalue weighted by Gasteiger charge is 2.34. The lowest BCUT2D eigenvalue weighted by atomic mass is 9.84. The molecular weight excluding hydrogens is 941 g/mol. The number of aromatic carboxylic acids is 1. The first-order valence-corrected chi connectivity index (χ1v) is 26.4. The lowest BCUT2D eigenvalue weighted by Crippen LogP contribution is -2.39. The van der Waals surface area contributed by atoms with Crippen molar-refractivity contribution in [2.75, 3.05) is 29.9 Å². The maximum Gasteiger partial charge on any atom is 0.355 e. The van der Waals surface area contributed by atoms with Crippen LogP contribution in [0.15, 0.2) is 91.0 Å². The van der Waals surface area contributed by atoms with Crippen molar-refractivity contribution < 1.29 is 33.8 Å². The minimum atomic E-state index is -1.13. The van der Waals surface area contributed by atoms with Gasteiger partial charge in [-0.05, 0) is 141 Å². The molecule has 15 nitrogen and oxygen atoms in total. The van der Waals surface area contributed by atoms with E-state index in [1.807, 2.05) is 113 Å². The quantitative estimate of drug-likeness (QED) is 0.0989. The topological polar surface area (TPSA) is 189 Å². The van der Waals surface area contributed by atoms with Crippen molar-refractivity contribution in [2.24, 2.45) is 13.0 Å². The van der Waals surface area contributed by atoms with Gasteiger partial charge in [0.15, 0.2) is 10.8 Å². The number of thiazole rings is 1. The number of pyridine rings is 1. The number of anilines is 2. The van der Waals surface area contributed by atoms with Gasteiger partial charge in [0.05, 0.1) is 33.4 Å². The number of imide groups is 1. The van der Waals surface area contributed by atoms with Gasteiger partial charge in [0.25, 0.3) is 5.91 Å². The first kappa shape index (κ1) is 47.8. The molecule has 3 N–H and O–H groups in total. The lowest BCUT2D eigenvalue weighted by Gasteiger charge is -2.33. The molecule has 4 amide bonds. The molecule has 3 aromatic heterocycles. The van der Waals surface area contributed by atoms with E-state index in [4.69, 9.17) is 14.8 Å². The Kier molecular flexibility index (Phi) is 13.2. The van der Waals surface area contributed by atoms with Gasteiger partial charge in [-0.25, -0.2) is 14.8 Å². The smallest absolute Gasteiger partial charge is 0.355 e. The molecule has 1 unspecified atom stereocenters. The first-order valence-electron chi connectivity index (χ1n) is 25.6. The number of amides is 4. The Morgan fingerprint density at radius 3 is 2.42 bits per heavy atom. The van der Waals surface area contributed by atoms with Gasteiger partial charge in [0, 0.05) is 62.6 Å². The van der Waals surface area contributed by atoms with E-state index in [9.17, 15) is 29.1 Å². The summed E-state index contributed by atoms with van der Waals surface area (Å²) in [6.07, 6.45) is 8.24. The number of ether oxygens (including phenoxy) is 1. The van der Waals surface area contributed by atoms with E-state index < -0.39 is 11.9 Å². The summed E-state index contributed by atoms with van der Waals surface area (Å²) in [4.78, 5) is 78.1. The van der Waals surface area contributed by atoms with Gasteiger partial charge in [-0.3, -0.25) is 34.5 Å². The van der Waals surface area contributed by atoms with E-state index in [0.717, 1.165) is 99.8 Å². The summed E-state index contributed by atoms with van der Waals surface area (Å²) < 4.78 is 9.52. The molecule has 11 rings (SSSR count). The number of aryl methyl sites for hydroxylation is 1. The number of carbonyl (C=O) groups excluding carboxylic acids is 4. The van der Waals surface area contributed by atoms with Gasteiger partial charge >= 0.3 is 5.97 Å². The highest BCUT2D eigenvalue weighted by Crippen LogP contribution is 2.40. The average Bonchev–Trinajstić information content (AvgIpc) is 3.98. The highest BCUT2D eigenvalue weighted by molar-refractivity contribution is 7.22. The molecule has 1 saturated carbocycles. The average molecular weight is 999 g/mol. The lowest BCUT2D eigenvalue weighted by molar-refractivity contribution is -0.134. The van der Waals surface area contributed by atoms with Crippen molar-refractivity contribution in [1.29, 1.82) is 0 Å². The van der Waals surface area contributed by atoms with Gasteiger partial charge in [0.2, 0.25) is 17.7 Å².